The number of hydrogen-bond acceptors (Lipinski definition) is 4. The van der Waals surface area contributed by atoms with E-state index in [1.807, 2.05) is 0 Å². The Morgan fingerprint density at radius 1 is 1.23 bits per heavy atom. The van der Waals surface area contributed by atoms with E-state index < -0.39 is 6.04 Å². The lowest BCUT2D eigenvalue weighted by atomic mass is 9.95. The number of nitrogens with zero attached hydrogens (tertiary/aromatic N) is 1. The molecule has 1 aromatic carbocycles. The van der Waals surface area contributed by atoms with E-state index >= 15 is 0 Å². The number of esters is 1. The van der Waals surface area contributed by atoms with Gasteiger partial charge in [0.25, 0.3) is 0 Å². The molecular weight excluding hydrogens is 276 g/mol. The smallest absolute Gasteiger partial charge is 0.323 e. The van der Waals surface area contributed by atoms with E-state index in [4.69, 9.17) is 10.5 Å². The largest absolute Gasteiger partial charge is 0.465 e. The van der Waals surface area contributed by atoms with Gasteiger partial charge in [-0.15, -0.1) is 0 Å². The summed E-state index contributed by atoms with van der Waals surface area (Å²) < 4.78 is 4.99. The molecule has 0 aromatic heterocycles. The highest BCUT2D eigenvalue weighted by Gasteiger charge is 2.19. The molecule has 0 saturated carbocycles. The standard InChI is InChI=1S/C18H28N2O2/c1-4-22-18(21)16(19)12-15-8-9-17(14(3)13(15)2)20-10-6-5-7-11-20/h8-9,16H,4-7,10-12,19H2,1-3H3. The first-order chi connectivity index (χ1) is 10.5. The van der Waals surface area contributed by atoms with Gasteiger partial charge in [0.1, 0.15) is 6.04 Å². The highest BCUT2D eigenvalue weighted by atomic mass is 16.5. The lowest BCUT2D eigenvalue weighted by molar-refractivity contribution is -0.144. The van der Waals surface area contributed by atoms with Crippen molar-refractivity contribution in [3.05, 3.63) is 28.8 Å². The average Bonchev–Trinajstić information content (AvgIpc) is 2.53. The summed E-state index contributed by atoms with van der Waals surface area (Å²) in [6.45, 7) is 8.74. The van der Waals surface area contributed by atoms with E-state index in [9.17, 15) is 4.79 Å². The Morgan fingerprint density at radius 3 is 2.55 bits per heavy atom. The molecule has 0 radical (unpaired) electrons. The number of anilines is 1. The average molecular weight is 304 g/mol. The molecule has 1 unspecified atom stereocenters. The molecular formula is C18H28N2O2. The second-order valence-electron chi connectivity index (χ2n) is 6.10. The molecule has 1 atom stereocenters. The Bertz CT molecular complexity index is 522. The van der Waals surface area contributed by atoms with Crippen molar-refractivity contribution in [2.24, 2.45) is 5.73 Å². The van der Waals surface area contributed by atoms with Gasteiger partial charge in [-0.05, 0) is 69.2 Å². The van der Waals surface area contributed by atoms with Gasteiger partial charge in [0.2, 0.25) is 0 Å². The van der Waals surface area contributed by atoms with Gasteiger partial charge in [-0.3, -0.25) is 4.79 Å². The van der Waals surface area contributed by atoms with Gasteiger partial charge in [-0.2, -0.15) is 0 Å². The molecule has 4 nitrogen and oxygen atoms in total. The van der Waals surface area contributed by atoms with Crippen molar-refractivity contribution in [2.45, 2.75) is 52.5 Å². The zero-order valence-electron chi connectivity index (χ0n) is 14.0. The van der Waals surface area contributed by atoms with E-state index in [1.54, 1.807) is 6.92 Å². The third-order valence-corrected chi connectivity index (χ3v) is 4.60. The van der Waals surface area contributed by atoms with Crippen molar-refractivity contribution in [1.82, 2.24) is 0 Å². The molecule has 0 bridgehead atoms. The van der Waals surface area contributed by atoms with Crippen molar-refractivity contribution in [2.75, 3.05) is 24.6 Å². The predicted octanol–water partition coefficient (Wildman–Crippen LogP) is 2.73. The maximum Gasteiger partial charge on any atom is 0.323 e. The van der Waals surface area contributed by atoms with Gasteiger partial charge in [0, 0.05) is 18.8 Å². The van der Waals surface area contributed by atoms with Crippen molar-refractivity contribution in [3.63, 3.8) is 0 Å². The first-order valence-corrected chi connectivity index (χ1v) is 8.30. The summed E-state index contributed by atoms with van der Waals surface area (Å²) in [6, 6.07) is 3.71. The summed E-state index contributed by atoms with van der Waals surface area (Å²) in [4.78, 5) is 14.2. The molecule has 1 aliphatic heterocycles. The summed E-state index contributed by atoms with van der Waals surface area (Å²) in [6.07, 6.45) is 4.41. The number of ether oxygens (including phenoxy) is 1. The van der Waals surface area contributed by atoms with Crippen LogP contribution in [0.25, 0.3) is 0 Å². The van der Waals surface area contributed by atoms with Crippen molar-refractivity contribution in [1.29, 1.82) is 0 Å². The monoisotopic (exact) mass is 304 g/mol. The summed E-state index contributed by atoms with van der Waals surface area (Å²) in [7, 11) is 0. The van der Waals surface area contributed by atoms with Crippen LogP contribution in [0.4, 0.5) is 5.69 Å². The number of nitrogens with two attached hydrogens (primary N) is 1. The van der Waals surface area contributed by atoms with Crippen LogP contribution in [0.1, 0.15) is 42.9 Å². The molecule has 1 aliphatic rings. The Hall–Kier alpha value is -1.55. The van der Waals surface area contributed by atoms with Crippen LogP contribution in [-0.4, -0.2) is 31.7 Å². The van der Waals surface area contributed by atoms with Crippen LogP contribution in [0, 0.1) is 13.8 Å². The maximum atomic E-state index is 11.7. The Balaban J connectivity index is 2.14. The third kappa shape index (κ3) is 3.80. The van der Waals surface area contributed by atoms with E-state index in [0.717, 1.165) is 18.7 Å². The maximum absolute atomic E-state index is 11.7. The Morgan fingerprint density at radius 2 is 1.91 bits per heavy atom. The predicted molar refractivity (Wildman–Crippen MR) is 90.3 cm³/mol. The van der Waals surface area contributed by atoms with Gasteiger partial charge in [-0.1, -0.05) is 6.07 Å². The van der Waals surface area contributed by atoms with E-state index in [0.29, 0.717) is 13.0 Å². The number of benzene rings is 1. The normalized spacial score (nSPS) is 16.5. The molecule has 0 spiro atoms. The lowest BCUT2D eigenvalue weighted by Gasteiger charge is -2.31. The van der Waals surface area contributed by atoms with Crippen molar-refractivity contribution >= 4 is 11.7 Å². The summed E-state index contributed by atoms with van der Waals surface area (Å²) in [5.41, 5.74) is 11.0. The fraction of sp³-hybridized carbons (Fsp3) is 0.611. The number of hydrogen-bond donors (Lipinski definition) is 1. The zero-order valence-corrected chi connectivity index (χ0v) is 14.0. The topological polar surface area (TPSA) is 55.6 Å². The van der Waals surface area contributed by atoms with Crippen molar-refractivity contribution < 1.29 is 9.53 Å². The molecule has 1 saturated heterocycles. The minimum atomic E-state index is -0.584. The highest BCUT2D eigenvalue weighted by molar-refractivity contribution is 5.76. The molecule has 0 aliphatic carbocycles. The fourth-order valence-electron chi connectivity index (χ4n) is 3.13. The number of carbonyl (C=O) groups excluding carboxylic acids is 1. The van der Waals surface area contributed by atoms with Crippen LogP contribution in [0.3, 0.4) is 0 Å². The van der Waals surface area contributed by atoms with Gasteiger partial charge in [0.15, 0.2) is 0 Å². The minimum Gasteiger partial charge on any atom is -0.465 e. The van der Waals surface area contributed by atoms with Gasteiger partial charge in [-0.25, -0.2) is 0 Å². The Labute approximate surface area is 133 Å². The fourth-order valence-corrected chi connectivity index (χ4v) is 3.13. The van der Waals surface area contributed by atoms with E-state index in [2.05, 4.69) is 30.9 Å². The van der Waals surface area contributed by atoms with Gasteiger partial charge >= 0.3 is 5.97 Å². The first kappa shape index (κ1) is 16.8. The zero-order chi connectivity index (χ0) is 16.1. The number of rotatable bonds is 5. The second kappa shape index (κ2) is 7.63. The van der Waals surface area contributed by atoms with E-state index in [1.165, 1.54) is 36.1 Å². The lowest BCUT2D eigenvalue weighted by Crippen LogP contribution is -2.34. The number of piperidine rings is 1. The summed E-state index contributed by atoms with van der Waals surface area (Å²) >= 11 is 0. The van der Waals surface area contributed by atoms with Crippen LogP contribution >= 0.6 is 0 Å². The van der Waals surface area contributed by atoms with Crippen LogP contribution in [0.2, 0.25) is 0 Å². The molecule has 1 heterocycles. The van der Waals surface area contributed by atoms with Gasteiger partial charge < -0.3 is 15.4 Å². The molecule has 0 amide bonds. The third-order valence-electron chi connectivity index (χ3n) is 4.60. The number of carbonyl (C=O) groups is 1. The summed E-state index contributed by atoms with van der Waals surface area (Å²) in [5, 5.41) is 0. The molecule has 22 heavy (non-hydrogen) atoms. The van der Waals surface area contributed by atoms with Gasteiger partial charge in [0.05, 0.1) is 6.61 Å². The minimum absolute atomic E-state index is 0.320. The highest BCUT2D eigenvalue weighted by Crippen LogP contribution is 2.28. The van der Waals surface area contributed by atoms with E-state index in [-0.39, 0.29) is 5.97 Å². The van der Waals surface area contributed by atoms with Crippen molar-refractivity contribution in [3.8, 4) is 0 Å². The quantitative estimate of drug-likeness (QED) is 0.850. The first-order valence-electron chi connectivity index (χ1n) is 8.30. The van der Waals surface area contributed by atoms with Crippen LogP contribution < -0.4 is 10.6 Å². The second-order valence-corrected chi connectivity index (χ2v) is 6.10. The SMILES string of the molecule is CCOC(=O)C(N)Cc1ccc(N2CCCCC2)c(C)c1C. The van der Waals surface area contributed by atoms with Crippen LogP contribution in [0.15, 0.2) is 12.1 Å². The molecule has 4 heteroatoms. The van der Waals surface area contributed by atoms with Crippen LogP contribution in [-0.2, 0) is 16.0 Å². The molecule has 2 N–H and O–H groups in total. The van der Waals surface area contributed by atoms with Crippen LogP contribution in [0.5, 0.6) is 0 Å². The molecule has 2 rings (SSSR count). The summed E-state index contributed by atoms with van der Waals surface area (Å²) in [5.74, 6) is -0.320. The Kier molecular flexibility index (Phi) is 5.83. The molecule has 122 valence electrons. The molecule has 1 fully saturated rings. The molecule has 1 aromatic rings.